The van der Waals surface area contributed by atoms with Gasteiger partial charge < -0.3 is 9.88 Å². The van der Waals surface area contributed by atoms with Gasteiger partial charge in [0, 0.05) is 27.2 Å². The van der Waals surface area contributed by atoms with Crippen molar-refractivity contribution < 1.29 is 4.79 Å². The third-order valence-corrected chi connectivity index (χ3v) is 5.06. The van der Waals surface area contributed by atoms with Gasteiger partial charge >= 0.3 is 0 Å². The van der Waals surface area contributed by atoms with E-state index >= 15 is 0 Å². The van der Waals surface area contributed by atoms with E-state index in [0.717, 1.165) is 32.7 Å². The van der Waals surface area contributed by atoms with E-state index in [1.54, 1.807) is 6.08 Å². The molecule has 0 radical (unpaired) electrons. The molecule has 0 bridgehead atoms. The molecule has 0 spiro atoms. The maximum atomic E-state index is 12.5. The van der Waals surface area contributed by atoms with Crippen LogP contribution in [0, 0.1) is 32.1 Å². The van der Waals surface area contributed by atoms with Crippen LogP contribution in [0.5, 0.6) is 0 Å². The summed E-state index contributed by atoms with van der Waals surface area (Å²) < 4.78 is 3.11. The summed E-state index contributed by atoms with van der Waals surface area (Å²) in [6.45, 7) is 5.96. The highest BCUT2D eigenvalue weighted by Crippen LogP contribution is 2.24. The standard InChI is InChI=1S/C23H20BrN3O/c1-15-4-8-21(9-5-15)26-23(28)19(14-25)13-18-12-16(2)27(17(18)3)22-10-6-20(24)7-11-22/h4-13H,1-3H3,(H,26,28)/b19-13+. The predicted octanol–water partition coefficient (Wildman–Crippen LogP) is 5.71. The average molecular weight is 434 g/mol. The first-order valence-electron chi connectivity index (χ1n) is 8.83. The van der Waals surface area contributed by atoms with Crippen molar-refractivity contribution in [2.45, 2.75) is 20.8 Å². The summed E-state index contributed by atoms with van der Waals surface area (Å²) in [7, 11) is 0. The van der Waals surface area contributed by atoms with Crippen LogP contribution in [0.1, 0.15) is 22.5 Å². The highest BCUT2D eigenvalue weighted by molar-refractivity contribution is 9.10. The molecule has 1 aromatic heterocycles. The van der Waals surface area contributed by atoms with E-state index < -0.39 is 5.91 Å². The van der Waals surface area contributed by atoms with Crippen molar-refractivity contribution in [3.05, 3.63) is 87.2 Å². The van der Waals surface area contributed by atoms with Crippen molar-refractivity contribution in [2.24, 2.45) is 0 Å². The molecule has 0 aliphatic carbocycles. The van der Waals surface area contributed by atoms with Gasteiger partial charge in [-0.3, -0.25) is 4.79 Å². The second kappa shape index (κ2) is 8.28. The van der Waals surface area contributed by atoms with Crippen LogP contribution < -0.4 is 5.32 Å². The van der Waals surface area contributed by atoms with E-state index in [2.05, 4.69) is 25.8 Å². The molecule has 4 nitrogen and oxygen atoms in total. The molecule has 0 atom stereocenters. The van der Waals surface area contributed by atoms with Gasteiger partial charge in [-0.2, -0.15) is 5.26 Å². The van der Waals surface area contributed by atoms with Crippen molar-refractivity contribution >= 4 is 33.6 Å². The number of anilines is 1. The van der Waals surface area contributed by atoms with Crippen LogP contribution >= 0.6 is 15.9 Å². The zero-order chi connectivity index (χ0) is 20.3. The SMILES string of the molecule is Cc1ccc(NC(=O)/C(C#N)=C/c2cc(C)n(-c3ccc(Br)cc3)c2C)cc1. The van der Waals surface area contributed by atoms with Gasteiger partial charge in [-0.25, -0.2) is 0 Å². The Bertz CT molecular complexity index is 1080. The lowest BCUT2D eigenvalue weighted by Crippen LogP contribution is -2.13. The number of aryl methyl sites for hydroxylation is 2. The largest absolute Gasteiger partial charge is 0.321 e. The first-order valence-corrected chi connectivity index (χ1v) is 9.63. The highest BCUT2D eigenvalue weighted by atomic mass is 79.9. The van der Waals surface area contributed by atoms with Gasteiger partial charge in [0.05, 0.1) is 0 Å². The Kier molecular flexibility index (Phi) is 5.81. The fourth-order valence-corrected chi connectivity index (χ4v) is 3.32. The van der Waals surface area contributed by atoms with Crippen LogP contribution in [-0.2, 0) is 4.79 Å². The quantitative estimate of drug-likeness (QED) is 0.422. The molecule has 3 aromatic rings. The van der Waals surface area contributed by atoms with Gasteiger partial charge in [-0.15, -0.1) is 0 Å². The Morgan fingerprint density at radius 2 is 1.71 bits per heavy atom. The molecule has 0 saturated carbocycles. The Hall–Kier alpha value is -3.10. The molecule has 140 valence electrons. The summed E-state index contributed by atoms with van der Waals surface area (Å²) in [6.07, 6.45) is 1.64. The summed E-state index contributed by atoms with van der Waals surface area (Å²) in [4.78, 5) is 12.5. The van der Waals surface area contributed by atoms with Gasteiger partial charge in [0.25, 0.3) is 5.91 Å². The number of benzene rings is 2. The number of nitriles is 1. The zero-order valence-electron chi connectivity index (χ0n) is 16.0. The van der Waals surface area contributed by atoms with Crippen molar-refractivity contribution in [1.29, 1.82) is 5.26 Å². The minimum Gasteiger partial charge on any atom is -0.321 e. The molecular weight excluding hydrogens is 414 g/mol. The summed E-state index contributed by atoms with van der Waals surface area (Å²) in [5.74, 6) is -0.417. The second-order valence-electron chi connectivity index (χ2n) is 6.63. The number of carbonyl (C=O) groups is 1. The molecule has 1 amide bonds. The molecule has 0 aliphatic rings. The summed E-state index contributed by atoms with van der Waals surface area (Å²) >= 11 is 3.45. The molecule has 0 fully saturated rings. The third kappa shape index (κ3) is 4.24. The normalized spacial score (nSPS) is 11.2. The number of hydrogen-bond donors (Lipinski definition) is 1. The fraction of sp³-hybridized carbons (Fsp3) is 0.130. The van der Waals surface area contributed by atoms with Crippen molar-refractivity contribution in [3.8, 4) is 11.8 Å². The van der Waals surface area contributed by atoms with Crippen molar-refractivity contribution in [1.82, 2.24) is 4.57 Å². The van der Waals surface area contributed by atoms with E-state index in [0.29, 0.717) is 5.69 Å². The Labute approximate surface area is 173 Å². The minimum absolute atomic E-state index is 0.0663. The highest BCUT2D eigenvalue weighted by Gasteiger charge is 2.14. The monoisotopic (exact) mass is 433 g/mol. The van der Waals surface area contributed by atoms with Crippen LogP contribution in [0.4, 0.5) is 5.69 Å². The van der Waals surface area contributed by atoms with E-state index in [1.807, 2.05) is 81.4 Å². The first kappa shape index (κ1) is 19.7. The second-order valence-corrected chi connectivity index (χ2v) is 7.54. The van der Waals surface area contributed by atoms with Gasteiger partial charge in [-0.1, -0.05) is 33.6 Å². The van der Waals surface area contributed by atoms with E-state index in [-0.39, 0.29) is 5.57 Å². The van der Waals surface area contributed by atoms with E-state index in [1.165, 1.54) is 0 Å². The summed E-state index contributed by atoms with van der Waals surface area (Å²) in [5.41, 5.74) is 5.71. The molecule has 1 N–H and O–H groups in total. The van der Waals surface area contributed by atoms with Crippen molar-refractivity contribution in [3.63, 3.8) is 0 Å². The smallest absolute Gasteiger partial charge is 0.266 e. The van der Waals surface area contributed by atoms with Crippen LogP contribution in [0.25, 0.3) is 11.8 Å². The average Bonchev–Trinajstić information content (AvgIpc) is 2.95. The van der Waals surface area contributed by atoms with E-state index in [9.17, 15) is 10.1 Å². The molecule has 5 heteroatoms. The van der Waals surface area contributed by atoms with Gasteiger partial charge in [0.15, 0.2) is 0 Å². The predicted molar refractivity (Wildman–Crippen MR) is 116 cm³/mol. The Morgan fingerprint density at radius 1 is 1.07 bits per heavy atom. The van der Waals surface area contributed by atoms with Crippen molar-refractivity contribution in [2.75, 3.05) is 5.32 Å². The summed E-state index contributed by atoms with van der Waals surface area (Å²) in [5, 5.41) is 12.3. The van der Waals surface area contributed by atoms with Crippen LogP contribution in [0.15, 0.2) is 64.6 Å². The van der Waals surface area contributed by atoms with Crippen LogP contribution in [0.2, 0.25) is 0 Å². The fourth-order valence-electron chi connectivity index (χ4n) is 3.06. The summed E-state index contributed by atoms with van der Waals surface area (Å²) in [6, 6.07) is 19.5. The first-order chi connectivity index (χ1) is 13.4. The van der Waals surface area contributed by atoms with Gasteiger partial charge in [0.1, 0.15) is 11.6 Å². The molecule has 0 aliphatic heterocycles. The molecular formula is C23H20BrN3O. The number of nitrogens with zero attached hydrogens (tertiary/aromatic N) is 2. The lowest BCUT2D eigenvalue weighted by atomic mass is 10.1. The maximum absolute atomic E-state index is 12.5. The zero-order valence-corrected chi connectivity index (χ0v) is 17.5. The number of amides is 1. The van der Waals surface area contributed by atoms with Gasteiger partial charge in [0.2, 0.25) is 0 Å². The molecule has 1 heterocycles. The van der Waals surface area contributed by atoms with Crippen LogP contribution in [-0.4, -0.2) is 10.5 Å². The molecule has 3 rings (SSSR count). The number of carbonyl (C=O) groups excluding carboxylic acids is 1. The minimum atomic E-state index is -0.417. The maximum Gasteiger partial charge on any atom is 0.266 e. The lowest BCUT2D eigenvalue weighted by Gasteiger charge is -2.10. The molecule has 0 saturated heterocycles. The number of nitrogens with one attached hydrogen (secondary N) is 1. The molecule has 28 heavy (non-hydrogen) atoms. The number of aromatic nitrogens is 1. The molecule has 2 aromatic carbocycles. The number of rotatable bonds is 4. The third-order valence-electron chi connectivity index (χ3n) is 4.53. The number of halogens is 1. The lowest BCUT2D eigenvalue weighted by molar-refractivity contribution is -0.112. The topological polar surface area (TPSA) is 57.8 Å². The van der Waals surface area contributed by atoms with E-state index in [4.69, 9.17) is 0 Å². The Morgan fingerprint density at radius 3 is 2.32 bits per heavy atom. The van der Waals surface area contributed by atoms with Gasteiger partial charge in [-0.05, 0) is 74.9 Å². The Balaban J connectivity index is 1.91. The van der Waals surface area contributed by atoms with Crippen LogP contribution in [0.3, 0.4) is 0 Å². The molecule has 0 unspecified atom stereocenters. The number of hydrogen-bond acceptors (Lipinski definition) is 2.